The van der Waals surface area contributed by atoms with Gasteiger partial charge in [-0.15, -0.1) is 0 Å². The summed E-state index contributed by atoms with van der Waals surface area (Å²) in [5.41, 5.74) is 1.17. The molecular weight excluding hydrogens is 711 g/mol. The van der Waals surface area contributed by atoms with E-state index >= 15 is 0 Å². The number of amides is 3. The number of hydrogen-bond acceptors (Lipinski definition) is 10. The average molecular weight is 742 g/mol. The van der Waals surface area contributed by atoms with E-state index in [1.165, 1.54) is 17.1 Å². The molecule has 1 fully saturated rings. The zero-order valence-electron chi connectivity index (χ0n) is 27.3. The number of hydrogen-bond donors (Lipinski definition) is 1. The van der Waals surface area contributed by atoms with Crippen molar-refractivity contribution in [1.29, 1.82) is 0 Å². The van der Waals surface area contributed by atoms with Crippen molar-refractivity contribution in [3.63, 3.8) is 0 Å². The van der Waals surface area contributed by atoms with Crippen molar-refractivity contribution in [3.05, 3.63) is 101 Å². The van der Waals surface area contributed by atoms with Crippen molar-refractivity contribution in [2.75, 3.05) is 31.4 Å². The lowest BCUT2D eigenvalue weighted by Crippen LogP contribution is -2.44. The van der Waals surface area contributed by atoms with Gasteiger partial charge in [0.2, 0.25) is 6.73 Å². The van der Waals surface area contributed by atoms with Crippen molar-refractivity contribution in [2.24, 2.45) is 5.92 Å². The second-order valence-electron chi connectivity index (χ2n) is 12.2. The zero-order valence-corrected chi connectivity index (χ0v) is 28.1. The molecule has 15 nitrogen and oxygen atoms in total. The fourth-order valence-corrected chi connectivity index (χ4v) is 6.77. The first-order valence-corrected chi connectivity index (χ1v) is 17.4. The molecule has 7 rings (SSSR count). The smallest absolute Gasteiger partial charge is 0.435 e. The van der Waals surface area contributed by atoms with E-state index in [9.17, 15) is 36.0 Å². The van der Waals surface area contributed by atoms with Gasteiger partial charge in [-0.25, -0.2) is 27.5 Å². The van der Waals surface area contributed by atoms with Gasteiger partial charge in [-0.05, 0) is 62.2 Å². The number of nitrogens with zero attached hydrogens (tertiary/aromatic N) is 6. The molecule has 0 radical (unpaired) electrons. The van der Waals surface area contributed by atoms with E-state index in [1.807, 2.05) is 11.6 Å². The molecule has 4 heterocycles. The average Bonchev–Trinajstić information content (AvgIpc) is 3.68. The van der Waals surface area contributed by atoms with Gasteiger partial charge in [-0.2, -0.15) is 22.9 Å². The van der Waals surface area contributed by atoms with Gasteiger partial charge < -0.3 is 9.57 Å². The minimum absolute atomic E-state index is 0.122. The number of alkyl halides is 3. The van der Waals surface area contributed by atoms with Gasteiger partial charge in [-0.3, -0.25) is 14.6 Å². The van der Waals surface area contributed by atoms with Gasteiger partial charge >= 0.3 is 12.3 Å². The zero-order chi connectivity index (χ0) is 36.8. The molecule has 272 valence electrons. The summed E-state index contributed by atoms with van der Waals surface area (Å²) in [6.07, 6.45) is -4.58. The minimum atomic E-state index is -4.71. The van der Waals surface area contributed by atoms with Crippen LogP contribution in [0.4, 0.5) is 18.0 Å². The summed E-state index contributed by atoms with van der Waals surface area (Å²) in [5, 5.41) is 6.47. The number of carbonyl (C=O) groups excluding carboxylic acids is 3. The fourth-order valence-electron chi connectivity index (χ4n) is 5.88. The minimum Gasteiger partial charge on any atom is -0.448 e. The Morgan fingerprint density at radius 2 is 1.67 bits per heavy atom. The molecule has 1 unspecified atom stereocenters. The predicted molar refractivity (Wildman–Crippen MR) is 174 cm³/mol. The lowest BCUT2D eigenvalue weighted by Gasteiger charge is -2.29. The van der Waals surface area contributed by atoms with Crippen molar-refractivity contribution in [1.82, 2.24) is 29.4 Å². The number of aryl methyl sites for hydroxylation is 1. The lowest BCUT2D eigenvalue weighted by molar-refractivity contribution is -0.141. The first-order chi connectivity index (χ1) is 24.8. The molecular formula is C33H30F3N7O8S. The first kappa shape index (κ1) is 34.5. The number of rotatable bonds is 10. The first-order valence-electron chi connectivity index (χ1n) is 15.9. The Morgan fingerprint density at radius 1 is 1.00 bits per heavy atom. The molecule has 1 saturated heterocycles. The number of piperidine rings is 1. The van der Waals surface area contributed by atoms with Crippen LogP contribution in [0.2, 0.25) is 0 Å². The molecule has 3 amide bonds. The predicted octanol–water partition coefficient (Wildman–Crippen LogP) is 4.21. The summed E-state index contributed by atoms with van der Waals surface area (Å²) >= 11 is 0. The maximum Gasteiger partial charge on any atom is 0.435 e. The van der Waals surface area contributed by atoms with E-state index in [1.54, 1.807) is 53.5 Å². The Morgan fingerprint density at radius 3 is 2.33 bits per heavy atom. The molecule has 52 heavy (non-hydrogen) atoms. The molecule has 5 aromatic rings. The number of carbonyl (C=O) groups is 3. The van der Waals surface area contributed by atoms with Crippen LogP contribution in [0.25, 0.3) is 16.9 Å². The Labute approximate surface area is 293 Å². The summed E-state index contributed by atoms with van der Waals surface area (Å²) in [7, 11) is -4.40. The van der Waals surface area contributed by atoms with Crippen LogP contribution in [-0.2, 0) is 20.9 Å². The maximum atomic E-state index is 13.6. The van der Waals surface area contributed by atoms with E-state index in [0.29, 0.717) is 31.5 Å². The van der Waals surface area contributed by atoms with Crippen molar-refractivity contribution >= 4 is 27.9 Å². The van der Waals surface area contributed by atoms with Crippen molar-refractivity contribution < 1.29 is 50.2 Å². The molecule has 0 bridgehead atoms. The largest absolute Gasteiger partial charge is 0.448 e. The number of nitrogens with one attached hydrogen (secondary N) is 1. The molecule has 2 aliphatic heterocycles. The quantitative estimate of drug-likeness (QED) is 0.205. The molecule has 0 aliphatic carbocycles. The van der Waals surface area contributed by atoms with E-state index < -0.39 is 39.8 Å². The molecule has 0 spiro atoms. The van der Waals surface area contributed by atoms with Crippen molar-refractivity contribution in [3.8, 4) is 16.9 Å². The number of benzene rings is 3. The number of aromatic nitrogens is 4. The van der Waals surface area contributed by atoms with E-state index in [4.69, 9.17) is 14.2 Å². The third-order valence-corrected chi connectivity index (χ3v) is 9.91. The Bertz CT molecular complexity index is 2200. The van der Waals surface area contributed by atoms with Gasteiger partial charge in [0.25, 0.3) is 21.8 Å². The second kappa shape index (κ2) is 13.3. The fraction of sp³-hybridized carbons (Fsp3) is 0.273. The summed E-state index contributed by atoms with van der Waals surface area (Å²) in [5.74, 6) is -1.17. The lowest BCUT2D eigenvalue weighted by atomic mass is 10.0. The van der Waals surface area contributed by atoms with Crippen LogP contribution in [0.5, 0.6) is 0 Å². The standard InChI is InChI=1S/C33H30F3N7O8S/c1-21-8-10-23(11-9-21)28-17-29(33(34,35)36)37-41(28)24-12-14-25(15-13-24)52(47,48)38-32(46)49-19-22-5-4-16-39(18-22)42-43(51-42)50-20-40-30(44)26-6-2-3-7-27(26)31(40)45/h2-3,6-15,17,22H,4-5,16,18-20H2,1H3,(H,38,46). The summed E-state index contributed by atoms with van der Waals surface area (Å²) in [6.45, 7) is 2.25. The molecule has 3 aromatic carbocycles. The van der Waals surface area contributed by atoms with Crippen LogP contribution < -0.4 is 14.6 Å². The van der Waals surface area contributed by atoms with Gasteiger partial charge in [0, 0.05) is 29.5 Å². The van der Waals surface area contributed by atoms with Crippen LogP contribution in [0.1, 0.15) is 44.8 Å². The third-order valence-electron chi connectivity index (χ3n) is 8.58. The number of fused-ring (bicyclic) bond motifs is 1. The van der Waals surface area contributed by atoms with Gasteiger partial charge in [-0.1, -0.05) is 42.0 Å². The monoisotopic (exact) mass is 741 g/mol. The van der Waals surface area contributed by atoms with Crippen LogP contribution in [0.15, 0.2) is 88.4 Å². The summed E-state index contributed by atoms with van der Waals surface area (Å²) in [4.78, 5) is 45.0. The topological polar surface area (TPSA) is 163 Å². The normalized spacial score (nSPS) is 16.3. The van der Waals surface area contributed by atoms with Crippen LogP contribution in [-0.4, -0.2) is 77.4 Å². The van der Waals surface area contributed by atoms with Gasteiger partial charge in [0.1, 0.15) is 5.02 Å². The molecule has 0 saturated carbocycles. The SMILES string of the molecule is Cc1ccc(-c2cc(C(F)(F)F)nn2-c2ccc(S(=O)(=O)NC(=O)OCC3CCCN(n4on4OCN4C(=O)c5ccccc5C4=O)C3)cc2)cc1. The van der Waals surface area contributed by atoms with E-state index in [-0.39, 0.29) is 46.7 Å². The van der Waals surface area contributed by atoms with Gasteiger partial charge in [0.15, 0.2) is 5.69 Å². The second-order valence-corrected chi connectivity index (χ2v) is 13.9. The van der Waals surface area contributed by atoms with Crippen LogP contribution in [0, 0.1) is 12.8 Å². The number of halogens is 3. The highest BCUT2D eigenvalue weighted by atomic mass is 32.2. The number of ether oxygens (including phenoxy) is 1. The van der Waals surface area contributed by atoms with Gasteiger partial charge in [0.05, 0.1) is 34.0 Å². The van der Waals surface area contributed by atoms with Crippen LogP contribution >= 0.6 is 0 Å². The molecule has 2 aliphatic rings. The molecule has 19 heteroatoms. The highest BCUT2D eigenvalue weighted by molar-refractivity contribution is 7.90. The Hall–Kier alpha value is -5.98. The molecule has 1 atom stereocenters. The summed E-state index contributed by atoms with van der Waals surface area (Å²) in [6, 6.07) is 19.0. The summed E-state index contributed by atoms with van der Waals surface area (Å²) < 4.78 is 80.1. The van der Waals surface area contributed by atoms with Crippen LogP contribution in [0.3, 0.4) is 0 Å². The highest BCUT2D eigenvalue weighted by Gasteiger charge is 2.37. The van der Waals surface area contributed by atoms with Crippen molar-refractivity contribution in [2.45, 2.75) is 30.8 Å². The third kappa shape index (κ3) is 6.98. The van der Waals surface area contributed by atoms with E-state index in [2.05, 4.69) is 5.10 Å². The molecule has 1 N–H and O–H groups in total. The Kier molecular flexibility index (Phi) is 8.81. The maximum absolute atomic E-state index is 13.6. The van der Waals surface area contributed by atoms with E-state index in [0.717, 1.165) is 38.4 Å². The number of imide groups is 1. The highest BCUT2D eigenvalue weighted by Crippen LogP contribution is 2.33. The Balaban J connectivity index is 0.924. The molecule has 2 aromatic heterocycles. The number of sulfonamides is 1.